The molecular weight excluding hydrogens is 396 g/mol. The number of benzene rings is 2. The van der Waals surface area contributed by atoms with E-state index in [0.29, 0.717) is 11.8 Å². The van der Waals surface area contributed by atoms with Gasteiger partial charge in [-0.3, -0.25) is 18.9 Å². The van der Waals surface area contributed by atoms with Crippen LogP contribution in [0.5, 0.6) is 0 Å². The molecular formula is C18H20F3N2O4P. The van der Waals surface area contributed by atoms with Crippen molar-refractivity contribution in [2.45, 2.75) is 20.0 Å². The summed E-state index contributed by atoms with van der Waals surface area (Å²) in [4.78, 5) is 12.6. The van der Waals surface area contributed by atoms with Crippen LogP contribution in [0.2, 0.25) is 0 Å². The number of alkyl halides is 3. The lowest BCUT2D eigenvalue weighted by Gasteiger charge is -2.21. The fourth-order valence-electron chi connectivity index (χ4n) is 2.32. The number of rotatable bonds is 8. The van der Waals surface area contributed by atoms with E-state index in [1.54, 1.807) is 44.2 Å². The van der Waals surface area contributed by atoms with Gasteiger partial charge in [-0.05, 0) is 44.2 Å². The average molecular weight is 416 g/mol. The molecule has 28 heavy (non-hydrogen) atoms. The van der Waals surface area contributed by atoms with E-state index in [9.17, 15) is 22.5 Å². The number of carbonyl (C=O) groups is 1. The van der Waals surface area contributed by atoms with E-state index < -0.39 is 25.4 Å². The summed E-state index contributed by atoms with van der Waals surface area (Å²) in [6.45, 7) is 3.11. The molecule has 2 aromatic carbocycles. The van der Waals surface area contributed by atoms with Crippen LogP contribution in [0.1, 0.15) is 29.8 Å². The van der Waals surface area contributed by atoms with E-state index >= 15 is 0 Å². The third-order valence-electron chi connectivity index (χ3n) is 3.48. The minimum atomic E-state index is -4.65. The highest BCUT2D eigenvalue weighted by Crippen LogP contribution is 2.49. The van der Waals surface area contributed by atoms with Crippen LogP contribution >= 0.6 is 7.75 Å². The largest absolute Gasteiger partial charge is 0.432 e. The van der Waals surface area contributed by atoms with Gasteiger partial charge >= 0.3 is 13.9 Å². The minimum Gasteiger partial charge on any atom is -0.322 e. The summed E-state index contributed by atoms with van der Waals surface area (Å²) in [7, 11) is -3.96. The Balaban J connectivity index is 2.44. The molecule has 0 aliphatic carbocycles. The second-order valence-electron chi connectivity index (χ2n) is 5.52. The standard InChI is InChI=1S/C18H20F3N2O4P/c1-3-26-28(25,27-4-2)23-16-12-13(18(19,20)21)10-11-15(16)17(24)22-14-8-6-5-7-9-14/h5-12H,3-4H2,1-2H3,(H,22,24)(H,23,25). The number of amides is 1. The number of carbonyl (C=O) groups excluding carboxylic acids is 1. The lowest BCUT2D eigenvalue weighted by molar-refractivity contribution is -0.137. The topological polar surface area (TPSA) is 76.7 Å². The average Bonchev–Trinajstić information content (AvgIpc) is 2.62. The van der Waals surface area contributed by atoms with Crippen molar-refractivity contribution in [2.75, 3.05) is 23.6 Å². The summed E-state index contributed by atoms with van der Waals surface area (Å²) in [5, 5.41) is 4.93. The van der Waals surface area contributed by atoms with Gasteiger partial charge in [0.25, 0.3) is 5.91 Å². The molecule has 10 heteroatoms. The normalized spacial score (nSPS) is 11.9. The molecule has 0 aliphatic heterocycles. The van der Waals surface area contributed by atoms with Crippen LogP contribution in [0.25, 0.3) is 0 Å². The molecule has 0 radical (unpaired) electrons. The van der Waals surface area contributed by atoms with E-state index in [1.807, 2.05) is 0 Å². The lowest BCUT2D eigenvalue weighted by atomic mass is 10.1. The second kappa shape index (κ2) is 9.23. The Morgan fingerprint density at radius 2 is 1.64 bits per heavy atom. The zero-order valence-electron chi connectivity index (χ0n) is 15.2. The van der Waals surface area contributed by atoms with Crippen molar-refractivity contribution >= 4 is 25.0 Å². The van der Waals surface area contributed by atoms with Crippen molar-refractivity contribution in [3.63, 3.8) is 0 Å². The van der Waals surface area contributed by atoms with Crippen LogP contribution in [0.15, 0.2) is 48.5 Å². The molecule has 0 saturated carbocycles. The quantitative estimate of drug-likeness (QED) is 0.552. The van der Waals surface area contributed by atoms with Crippen molar-refractivity contribution in [1.29, 1.82) is 0 Å². The van der Waals surface area contributed by atoms with Crippen LogP contribution < -0.4 is 10.4 Å². The second-order valence-corrected chi connectivity index (χ2v) is 7.26. The van der Waals surface area contributed by atoms with Crippen molar-refractivity contribution in [2.24, 2.45) is 0 Å². The van der Waals surface area contributed by atoms with Crippen LogP contribution in [-0.4, -0.2) is 19.1 Å². The molecule has 0 atom stereocenters. The van der Waals surface area contributed by atoms with Gasteiger partial charge in [0.1, 0.15) is 0 Å². The highest BCUT2D eigenvalue weighted by atomic mass is 31.2. The van der Waals surface area contributed by atoms with Gasteiger partial charge in [0.05, 0.1) is 30.0 Å². The van der Waals surface area contributed by atoms with Gasteiger partial charge < -0.3 is 5.32 Å². The van der Waals surface area contributed by atoms with Crippen LogP contribution in [0, 0.1) is 0 Å². The number of anilines is 2. The number of hydrogen-bond acceptors (Lipinski definition) is 4. The van der Waals surface area contributed by atoms with Crippen molar-refractivity contribution in [1.82, 2.24) is 0 Å². The number of nitrogens with one attached hydrogen (secondary N) is 2. The Labute approximate surface area is 160 Å². The molecule has 152 valence electrons. The minimum absolute atomic E-state index is 0.00517. The first-order valence-electron chi connectivity index (χ1n) is 8.43. The zero-order chi connectivity index (χ0) is 20.8. The van der Waals surface area contributed by atoms with Gasteiger partial charge in [0, 0.05) is 5.69 Å². The first-order valence-corrected chi connectivity index (χ1v) is 9.98. The van der Waals surface area contributed by atoms with Crippen LogP contribution in [0.4, 0.5) is 24.5 Å². The summed E-state index contributed by atoms with van der Waals surface area (Å²) in [6.07, 6.45) is -4.65. The van der Waals surface area contributed by atoms with Gasteiger partial charge in [-0.25, -0.2) is 4.57 Å². The lowest BCUT2D eigenvalue weighted by Crippen LogP contribution is -2.16. The molecule has 6 nitrogen and oxygen atoms in total. The molecule has 0 heterocycles. The molecule has 2 aromatic rings. The molecule has 0 saturated heterocycles. The summed E-state index contributed by atoms with van der Waals surface area (Å²) in [5.74, 6) is -0.679. The zero-order valence-corrected chi connectivity index (χ0v) is 16.1. The van der Waals surface area contributed by atoms with Crippen molar-refractivity contribution < 1.29 is 31.6 Å². The Hall–Kier alpha value is -2.35. The van der Waals surface area contributed by atoms with Crippen molar-refractivity contribution in [3.8, 4) is 0 Å². The van der Waals surface area contributed by atoms with Gasteiger partial charge in [-0.2, -0.15) is 13.2 Å². The van der Waals surface area contributed by atoms with Crippen LogP contribution in [0.3, 0.4) is 0 Å². The SMILES string of the molecule is CCOP(=O)(Nc1cc(C(F)(F)F)ccc1C(=O)Nc1ccccc1)OCC. The maximum atomic E-state index is 13.1. The van der Waals surface area contributed by atoms with Crippen molar-refractivity contribution in [3.05, 3.63) is 59.7 Å². The fourth-order valence-corrected chi connectivity index (χ4v) is 3.68. The van der Waals surface area contributed by atoms with E-state index in [-0.39, 0.29) is 24.5 Å². The third-order valence-corrected chi connectivity index (χ3v) is 5.19. The summed E-state index contributed by atoms with van der Waals surface area (Å²) < 4.78 is 62.2. The highest BCUT2D eigenvalue weighted by Gasteiger charge is 2.33. The monoisotopic (exact) mass is 416 g/mol. The van der Waals surface area contributed by atoms with E-state index in [1.165, 1.54) is 0 Å². The number of para-hydroxylation sites is 1. The number of hydrogen-bond donors (Lipinski definition) is 2. The Morgan fingerprint density at radius 3 is 2.18 bits per heavy atom. The molecule has 2 N–H and O–H groups in total. The molecule has 0 fully saturated rings. The van der Waals surface area contributed by atoms with Gasteiger partial charge in [0.15, 0.2) is 0 Å². The van der Waals surface area contributed by atoms with Gasteiger partial charge in [-0.1, -0.05) is 18.2 Å². The molecule has 2 rings (SSSR count). The van der Waals surface area contributed by atoms with E-state index in [4.69, 9.17) is 9.05 Å². The first kappa shape index (κ1) is 21.9. The number of halogens is 3. The predicted molar refractivity (Wildman–Crippen MR) is 100 cm³/mol. The van der Waals surface area contributed by atoms with Gasteiger partial charge in [0.2, 0.25) is 0 Å². The Morgan fingerprint density at radius 1 is 1.04 bits per heavy atom. The maximum Gasteiger partial charge on any atom is 0.432 e. The Bertz CT molecular complexity index is 850. The maximum absolute atomic E-state index is 13.1. The molecule has 0 spiro atoms. The summed E-state index contributed by atoms with van der Waals surface area (Å²) in [5.41, 5.74) is -1.01. The predicted octanol–water partition coefficient (Wildman–Crippen LogP) is 5.55. The third kappa shape index (κ3) is 5.82. The molecule has 0 aliphatic rings. The smallest absolute Gasteiger partial charge is 0.322 e. The van der Waals surface area contributed by atoms with E-state index in [2.05, 4.69) is 10.4 Å². The molecule has 0 aromatic heterocycles. The molecule has 1 amide bonds. The van der Waals surface area contributed by atoms with E-state index in [0.717, 1.165) is 12.1 Å². The molecule has 0 unspecified atom stereocenters. The first-order chi connectivity index (χ1) is 13.2. The highest BCUT2D eigenvalue weighted by molar-refractivity contribution is 7.55. The fraction of sp³-hybridized carbons (Fsp3) is 0.278. The van der Waals surface area contributed by atoms with Gasteiger partial charge in [-0.15, -0.1) is 0 Å². The summed E-state index contributed by atoms with van der Waals surface area (Å²) >= 11 is 0. The van der Waals surface area contributed by atoms with Crippen LogP contribution in [-0.2, 0) is 19.8 Å². The Kier molecular flexibility index (Phi) is 7.23. The molecule has 0 bridgehead atoms. The summed E-state index contributed by atoms with van der Waals surface area (Å²) in [6, 6.07) is 10.9.